The molecular weight excluding hydrogens is 240 g/mol. The van der Waals surface area contributed by atoms with Gasteiger partial charge in [0.05, 0.1) is 6.54 Å². The third-order valence-corrected chi connectivity index (χ3v) is 4.44. The van der Waals surface area contributed by atoms with Crippen LogP contribution in [0.15, 0.2) is 0 Å². The minimum absolute atomic E-state index is 0.233. The normalized spacial score (nSPS) is 26.6. The van der Waals surface area contributed by atoms with Gasteiger partial charge in [0.25, 0.3) is 0 Å². The van der Waals surface area contributed by atoms with Crippen molar-refractivity contribution in [1.29, 1.82) is 0 Å². The van der Waals surface area contributed by atoms with Crippen LogP contribution in [0.5, 0.6) is 0 Å². The van der Waals surface area contributed by atoms with E-state index >= 15 is 0 Å². The van der Waals surface area contributed by atoms with Crippen LogP contribution in [0, 0.1) is 0 Å². The van der Waals surface area contributed by atoms with Crippen LogP contribution in [-0.2, 0) is 4.79 Å². The van der Waals surface area contributed by atoms with Gasteiger partial charge in [-0.05, 0) is 33.5 Å². The number of carbonyl (C=O) groups excluding carboxylic acids is 1. The fourth-order valence-electron chi connectivity index (χ4n) is 3.12. The fraction of sp³-hybridized carbons (Fsp3) is 0.929. The van der Waals surface area contributed by atoms with Crippen LogP contribution in [0.1, 0.15) is 19.3 Å². The van der Waals surface area contributed by atoms with E-state index in [1.807, 2.05) is 11.9 Å². The minimum atomic E-state index is 0.233. The van der Waals surface area contributed by atoms with Crippen molar-refractivity contribution >= 4 is 5.91 Å². The van der Waals surface area contributed by atoms with Gasteiger partial charge < -0.3 is 15.1 Å². The summed E-state index contributed by atoms with van der Waals surface area (Å²) in [5.41, 5.74) is 0. The summed E-state index contributed by atoms with van der Waals surface area (Å²) < 4.78 is 0. The molecule has 2 heterocycles. The van der Waals surface area contributed by atoms with Crippen molar-refractivity contribution in [2.45, 2.75) is 25.3 Å². The Balaban J connectivity index is 1.72. The second kappa shape index (κ2) is 7.22. The molecule has 2 saturated heterocycles. The molecule has 0 spiro atoms. The van der Waals surface area contributed by atoms with Crippen molar-refractivity contribution in [1.82, 2.24) is 20.0 Å². The van der Waals surface area contributed by atoms with Crippen LogP contribution in [0.25, 0.3) is 0 Å². The molecule has 2 rings (SSSR count). The highest BCUT2D eigenvalue weighted by Gasteiger charge is 2.25. The number of nitrogens with one attached hydrogen (secondary N) is 1. The molecule has 110 valence electrons. The molecule has 2 aliphatic rings. The van der Waals surface area contributed by atoms with Gasteiger partial charge >= 0.3 is 0 Å². The SMILES string of the molecule is CNCC(=O)N1CCN(CC2CCCCN2C)CC1. The van der Waals surface area contributed by atoms with Crippen LogP contribution in [0.3, 0.4) is 0 Å². The molecule has 1 unspecified atom stereocenters. The van der Waals surface area contributed by atoms with Gasteiger partial charge in [-0.25, -0.2) is 0 Å². The molecule has 0 saturated carbocycles. The third kappa shape index (κ3) is 4.16. The maximum absolute atomic E-state index is 11.8. The van der Waals surface area contributed by atoms with E-state index in [0.717, 1.165) is 26.2 Å². The zero-order chi connectivity index (χ0) is 13.7. The summed E-state index contributed by atoms with van der Waals surface area (Å²) in [6, 6.07) is 0.716. The Morgan fingerprint density at radius 3 is 2.53 bits per heavy atom. The number of rotatable bonds is 4. The van der Waals surface area contributed by atoms with Gasteiger partial charge in [0.15, 0.2) is 0 Å². The zero-order valence-corrected chi connectivity index (χ0v) is 12.4. The Morgan fingerprint density at radius 2 is 1.89 bits per heavy atom. The van der Waals surface area contributed by atoms with Gasteiger partial charge in [0.1, 0.15) is 0 Å². The number of piperidine rings is 1. The summed E-state index contributed by atoms with van der Waals surface area (Å²) in [6.07, 6.45) is 4.05. The van der Waals surface area contributed by atoms with Crippen molar-refractivity contribution in [2.24, 2.45) is 0 Å². The molecule has 0 aromatic carbocycles. The van der Waals surface area contributed by atoms with E-state index in [4.69, 9.17) is 0 Å². The van der Waals surface area contributed by atoms with E-state index in [1.165, 1.54) is 32.4 Å². The molecule has 2 aliphatic heterocycles. The molecule has 1 N–H and O–H groups in total. The second-order valence-electron chi connectivity index (χ2n) is 5.84. The monoisotopic (exact) mass is 268 g/mol. The summed E-state index contributed by atoms with van der Waals surface area (Å²) in [7, 11) is 4.07. The fourth-order valence-corrected chi connectivity index (χ4v) is 3.12. The topological polar surface area (TPSA) is 38.8 Å². The van der Waals surface area contributed by atoms with Crippen molar-refractivity contribution < 1.29 is 4.79 Å². The Kier molecular flexibility index (Phi) is 5.60. The largest absolute Gasteiger partial charge is 0.339 e. The molecular formula is C14H28N4O. The molecule has 2 fully saturated rings. The first kappa shape index (κ1) is 14.8. The predicted octanol–water partition coefficient (Wildman–Crippen LogP) is -0.166. The number of hydrogen-bond acceptors (Lipinski definition) is 4. The Hall–Kier alpha value is -0.650. The maximum Gasteiger partial charge on any atom is 0.236 e. The molecule has 0 radical (unpaired) electrons. The number of nitrogens with zero attached hydrogens (tertiary/aromatic N) is 3. The molecule has 0 aromatic heterocycles. The van der Waals surface area contributed by atoms with E-state index in [-0.39, 0.29) is 5.91 Å². The Labute approximate surface area is 116 Å². The van der Waals surface area contributed by atoms with Crippen molar-refractivity contribution in [3.63, 3.8) is 0 Å². The van der Waals surface area contributed by atoms with Gasteiger partial charge in [-0.1, -0.05) is 6.42 Å². The van der Waals surface area contributed by atoms with E-state index in [0.29, 0.717) is 12.6 Å². The highest BCUT2D eigenvalue weighted by molar-refractivity contribution is 5.78. The van der Waals surface area contributed by atoms with E-state index in [9.17, 15) is 4.79 Å². The van der Waals surface area contributed by atoms with Gasteiger partial charge in [0, 0.05) is 38.8 Å². The predicted molar refractivity (Wildman–Crippen MR) is 77.2 cm³/mol. The maximum atomic E-state index is 11.8. The molecule has 5 heteroatoms. The lowest BCUT2D eigenvalue weighted by molar-refractivity contribution is -0.132. The summed E-state index contributed by atoms with van der Waals surface area (Å²) in [5.74, 6) is 0.233. The molecule has 0 aliphatic carbocycles. The quantitative estimate of drug-likeness (QED) is 0.769. The average molecular weight is 268 g/mol. The lowest BCUT2D eigenvalue weighted by Gasteiger charge is -2.40. The van der Waals surface area contributed by atoms with Crippen LogP contribution in [0.2, 0.25) is 0 Å². The number of carbonyl (C=O) groups is 1. The minimum Gasteiger partial charge on any atom is -0.339 e. The Morgan fingerprint density at radius 1 is 1.16 bits per heavy atom. The summed E-state index contributed by atoms with van der Waals surface area (Å²) in [6.45, 7) is 6.70. The van der Waals surface area contributed by atoms with E-state index in [2.05, 4.69) is 22.2 Å². The summed E-state index contributed by atoms with van der Waals surface area (Å²) >= 11 is 0. The second-order valence-corrected chi connectivity index (χ2v) is 5.84. The lowest BCUT2D eigenvalue weighted by Crippen LogP contribution is -2.54. The van der Waals surface area contributed by atoms with Gasteiger partial charge in [-0.15, -0.1) is 0 Å². The van der Waals surface area contributed by atoms with Crippen molar-refractivity contribution in [2.75, 3.05) is 59.9 Å². The van der Waals surface area contributed by atoms with Crippen molar-refractivity contribution in [3.05, 3.63) is 0 Å². The molecule has 1 amide bonds. The summed E-state index contributed by atoms with van der Waals surface area (Å²) in [4.78, 5) is 18.8. The first-order chi connectivity index (χ1) is 9.20. The Bertz CT molecular complexity index is 289. The first-order valence-corrected chi connectivity index (χ1v) is 7.55. The number of amides is 1. The summed E-state index contributed by atoms with van der Waals surface area (Å²) in [5, 5.41) is 2.94. The molecule has 5 nitrogen and oxygen atoms in total. The lowest BCUT2D eigenvalue weighted by atomic mass is 10.0. The first-order valence-electron chi connectivity index (χ1n) is 7.55. The molecule has 0 bridgehead atoms. The highest BCUT2D eigenvalue weighted by atomic mass is 16.2. The van der Waals surface area contributed by atoms with Crippen LogP contribution in [0.4, 0.5) is 0 Å². The van der Waals surface area contributed by atoms with Gasteiger partial charge in [0.2, 0.25) is 5.91 Å². The molecule has 1 atom stereocenters. The van der Waals surface area contributed by atoms with E-state index < -0.39 is 0 Å². The number of likely N-dealkylation sites (tertiary alicyclic amines) is 1. The number of likely N-dealkylation sites (N-methyl/N-ethyl adjacent to an activating group) is 2. The van der Waals surface area contributed by atoms with Crippen LogP contribution < -0.4 is 5.32 Å². The highest BCUT2D eigenvalue weighted by Crippen LogP contribution is 2.16. The number of hydrogen-bond donors (Lipinski definition) is 1. The van der Waals surface area contributed by atoms with Crippen LogP contribution in [-0.4, -0.2) is 86.6 Å². The average Bonchev–Trinajstić information content (AvgIpc) is 2.42. The zero-order valence-electron chi connectivity index (χ0n) is 12.4. The van der Waals surface area contributed by atoms with Gasteiger partial charge in [-0.3, -0.25) is 9.69 Å². The van der Waals surface area contributed by atoms with Crippen molar-refractivity contribution in [3.8, 4) is 0 Å². The van der Waals surface area contributed by atoms with Gasteiger partial charge in [-0.2, -0.15) is 0 Å². The van der Waals surface area contributed by atoms with E-state index in [1.54, 1.807) is 0 Å². The third-order valence-electron chi connectivity index (χ3n) is 4.44. The number of piperazine rings is 1. The standard InChI is InChI=1S/C14H28N4O/c1-15-11-14(19)18-9-7-17(8-10-18)12-13-5-3-4-6-16(13)2/h13,15H,3-12H2,1-2H3. The molecule has 19 heavy (non-hydrogen) atoms. The smallest absolute Gasteiger partial charge is 0.236 e. The van der Waals surface area contributed by atoms with Crippen LogP contribution >= 0.6 is 0 Å². The molecule has 0 aromatic rings.